The van der Waals surface area contributed by atoms with Crippen molar-refractivity contribution in [2.24, 2.45) is 4.99 Å². The fourth-order valence-electron chi connectivity index (χ4n) is 1.57. The fraction of sp³-hybridized carbons (Fsp3) is 0.417. The van der Waals surface area contributed by atoms with E-state index < -0.39 is 0 Å². The van der Waals surface area contributed by atoms with Crippen LogP contribution in [0.5, 0.6) is 0 Å². The van der Waals surface area contributed by atoms with Crippen LogP contribution in [-0.2, 0) is 0 Å². The standard InChI is InChI=1S/C12H16N2S2/c1-15-8-7-13-12-14-9-11(16-12)10-5-3-2-4-6-10/h2-6,11H,7-9H2,1H3,(H,13,14). The van der Waals surface area contributed by atoms with Gasteiger partial charge in [-0.05, 0) is 11.8 Å². The Morgan fingerprint density at radius 2 is 2.25 bits per heavy atom. The maximum Gasteiger partial charge on any atom is 0.157 e. The first kappa shape index (κ1) is 11.9. The zero-order valence-electron chi connectivity index (χ0n) is 9.35. The summed E-state index contributed by atoms with van der Waals surface area (Å²) in [6.07, 6.45) is 2.12. The number of nitrogens with one attached hydrogen (secondary N) is 1. The number of rotatable bonds is 4. The topological polar surface area (TPSA) is 24.4 Å². The van der Waals surface area contributed by atoms with Crippen LogP contribution in [0.1, 0.15) is 10.8 Å². The minimum atomic E-state index is 0.498. The lowest BCUT2D eigenvalue weighted by molar-refractivity contribution is 0.945. The first-order valence-corrected chi connectivity index (χ1v) is 7.66. The average Bonchev–Trinajstić information content (AvgIpc) is 2.79. The Morgan fingerprint density at radius 1 is 1.44 bits per heavy atom. The lowest BCUT2D eigenvalue weighted by Crippen LogP contribution is -2.21. The number of thioether (sulfide) groups is 2. The molecule has 1 heterocycles. The predicted molar refractivity (Wildman–Crippen MR) is 75.5 cm³/mol. The minimum Gasteiger partial charge on any atom is -0.364 e. The van der Waals surface area contributed by atoms with Crippen LogP contribution in [0.25, 0.3) is 0 Å². The van der Waals surface area contributed by atoms with E-state index in [9.17, 15) is 0 Å². The van der Waals surface area contributed by atoms with Gasteiger partial charge in [0.25, 0.3) is 0 Å². The van der Waals surface area contributed by atoms with Gasteiger partial charge in [0.2, 0.25) is 0 Å². The number of amidine groups is 1. The molecule has 0 fully saturated rings. The third-order valence-electron chi connectivity index (χ3n) is 2.41. The summed E-state index contributed by atoms with van der Waals surface area (Å²) >= 11 is 3.70. The summed E-state index contributed by atoms with van der Waals surface area (Å²) in [5.41, 5.74) is 1.37. The van der Waals surface area contributed by atoms with Crippen molar-refractivity contribution in [1.29, 1.82) is 0 Å². The highest BCUT2D eigenvalue weighted by Gasteiger charge is 2.20. The van der Waals surface area contributed by atoms with Crippen molar-refractivity contribution in [3.8, 4) is 0 Å². The van der Waals surface area contributed by atoms with E-state index in [4.69, 9.17) is 0 Å². The van der Waals surface area contributed by atoms with Gasteiger partial charge in [0.1, 0.15) is 0 Å². The second kappa shape index (κ2) is 6.21. The smallest absolute Gasteiger partial charge is 0.157 e. The van der Waals surface area contributed by atoms with Gasteiger partial charge in [-0.25, -0.2) is 0 Å². The maximum absolute atomic E-state index is 4.52. The second-order valence-electron chi connectivity index (χ2n) is 3.58. The van der Waals surface area contributed by atoms with E-state index in [-0.39, 0.29) is 0 Å². The molecule has 1 unspecified atom stereocenters. The molecule has 0 spiro atoms. The van der Waals surface area contributed by atoms with Crippen molar-refractivity contribution in [3.63, 3.8) is 0 Å². The molecule has 1 N–H and O–H groups in total. The summed E-state index contributed by atoms with van der Waals surface area (Å²) in [6.45, 7) is 1.91. The van der Waals surface area contributed by atoms with E-state index in [1.807, 2.05) is 23.5 Å². The molecule has 0 aromatic heterocycles. The lowest BCUT2D eigenvalue weighted by atomic mass is 10.1. The molecule has 0 radical (unpaired) electrons. The van der Waals surface area contributed by atoms with E-state index in [0.29, 0.717) is 5.25 Å². The molecule has 1 aromatic rings. The molecule has 4 heteroatoms. The van der Waals surface area contributed by atoms with Crippen LogP contribution in [0.2, 0.25) is 0 Å². The van der Waals surface area contributed by atoms with Gasteiger partial charge < -0.3 is 5.32 Å². The molecule has 0 amide bonds. The van der Waals surface area contributed by atoms with Gasteiger partial charge in [0.05, 0.1) is 11.8 Å². The van der Waals surface area contributed by atoms with Gasteiger partial charge in [-0.1, -0.05) is 42.1 Å². The van der Waals surface area contributed by atoms with Crippen LogP contribution in [0.3, 0.4) is 0 Å². The zero-order chi connectivity index (χ0) is 11.2. The predicted octanol–water partition coefficient (Wildman–Crippen LogP) is 2.78. The number of hydrogen-bond donors (Lipinski definition) is 1. The number of benzene rings is 1. The molecule has 0 bridgehead atoms. The Balaban J connectivity index is 1.82. The van der Waals surface area contributed by atoms with E-state index in [0.717, 1.165) is 24.0 Å². The van der Waals surface area contributed by atoms with E-state index in [1.165, 1.54) is 5.56 Å². The summed E-state index contributed by atoms with van der Waals surface area (Å²) in [6, 6.07) is 10.6. The normalized spacial score (nSPS) is 19.6. The quantitative estimate of drug-likeness (QED) is 0.834. The minimum absolute atomic E-state index is 0.498. The number of nitrogens with zero attached hydrogens (tertiary/aromatic N) is 1. The summed E-state index contributed by atoms with van der Waals surface area (Å²) in [4.78, 5) is 4.52. The van der Waals surface area contributed by atoms with Gasteiger partial charge in [0, 0.05) is 12.3 Å². The van der Waals surface area contributed by atoms with Crippen LogP contribution >= 0.6 is 23.5 Å². The highest BCUT2D eigenvalue weighted by molar-refractivity contribution is 8.14. The molecule has 1 aliphatic heterocycles. The molecule has 16 heavy (non-hydrogen) atoms. The summed E-state index contributed by atoms with van der Waals surface area (Å²) < 4.78 is 0. The van der Waals surface area contributed by atoms with Crippen molar-refractivity contribution in [3.05, 3.63) is 35.9 Å². The van der Waals surface area contributed by atoms with Gasteiger partial charge in [-0.15, -0.1) is 0 Å². The summed E-state index contributed by atoms with van der Waals surface area (Å²) in [7, 11) is 0. The second-order valence-corrected chi connectivity index (χ2v) is 5.76. The molecular weight excluding hydrogens is 236 g/mol. The lowest BCUT2D eigenvalue weighted by Gasteiger charge is -2.08. The van der Waals surface area contributed by atoms with Crippen LogP contribution in [0, 0.1) is 0 Å². The Hall–Kier alpha value is -0.610. The number of aliphatic imine (C=N–C) groups is 1. The van der Waals surface area contributed by atoms with E-state index in [2.05, 4.69) is 46.9 Å². The molecule has 2 nitrogen and oxygen atoms in total. The molecule has 1 aliphatic rings. The van der Waals surface area contributed by atoms with Crippen LogP contribution in [0.15, 0.2) is 35.3 Å². The molecule has 1 aromatic carbocycles. The van der Waals surface area contributed by atoms with Gasteiger partial charge >= 0.3 is 0 Å². The third-order valence-corrected chi connectivity index (χ3v) is 4.22. The Kier molecular flexibility index (Phi) is 4.60. The average molecular weight is 252 g/mol. The first-order valence-electron chi connectivity index (χ1n) is 5.39. The zero-order valence-corrected chi connectivity index (χ0v) is 11.0. The summed E-state index contributed by atoms with van der Waals surface area (Å²) in [5, 5.41) is 4.97. The molecule has 1 atom stereocenters. The van der Waals surface area contributed by atoms with Gasteiger partial charge in [-0.3, -0.25) is 4.99 Å². The van der Waals surface area contributed by atoms with E-state index in [1.54, 1.807) is 0 Å². The van der Waals surface area contributed by atoms with Crippen LogP contribution in [0.4, 0.5) is 0 Å². The van der Waals surface area contributed by atoms with E-state index >= 15 is 0 Å². The van der Waals surface area contributed by atoms with Crippen LogP contribution in [-0.4, -0.2) is 30.3 Å². The molecular formula is C12H16N2S2. The van der Waals surface area contributed by atoms with Crippen molar-refractivity contribution in [2.75, 3.05) is 25.1 Å². The third kappa shape index (κ3) is 3.19. The van der Waals surface area contributed by atoms with Crippen molar-refractivity contribution < 1.29 is 0 Å². The van der Waals surface area contributed by atoms with Gasteiger partial charge in [0.15, 0.2) is 5.17 Å². The largest absolute Gasteiger partial charge is 0.364 e. The highest BCUT2D eigenvalue weighted by Crippen LogP contribution is 2.33. The Bertz CT molecular complexity index is 351. The molecule has 2 rings (SSSR count). The summed E-state index contributed by atoms with van der Waals surface area (Å²) in [5.74, 6) is 1.13. The Morgan fingerprint density at radius 3 is 3.00 bits per heavy atom. The molecule has 86 valence electrons. The monoisotopic (exact) mass is 252 g/mol. The van der Waals surface area contributed by atoms with Gasteiger partial charge in [-0.2, -0.15) is 11.8 Å². The number of hydrogen-bond acceptors (Lipinski definition) is 4. The van der Waals surface area contributed by atoms with Crippen molar-refractivity contribution in [1.82, 2.24) is 5.32 Å². The first-order chi connectivity index (χ1) is 7.90. The molecule has 0 aliphatic carbocycles. The maximum atomic E-state index is 4.52. The SMILES string of the molecule is CSCCNC1=NCC(c2ccccc2)S1. The highest BCUT2D eigenvalue weighted by atomic mass is 32.2. The van der Waals surface area contributed by atoms with Crippen molar-refractivity contribution in [2.45, 2.75) is 5.25 Å². The Labute approximate surface area is 105 Å². The van der Waals surface area contributed by atoms with Crippen LogP contribution < -0.4 is 5.32 Å². The van der Waals surface area contributed by atoms with Crippen molar-refractivity contribution >= 4 is 28.7 Å². The molecule has 0 saturated carbocycles. The molecule has 0 saturated heterocycles. The fourth-order valence-corrected chi connectivity index (χ4v) is 2.93.